The normalized spacial score (nSPS) is 7.04. The molecule has 15 heteroatoms. The van der Waals surface area contributed by atoms with Gasteiger partial charge in [0.15, 0.2) is 0 Å². The van der Waals surface area contributed by atoms with E-state index in [1.807, 2.05) is 0 Å². The summed E-state index contributed by atoms with van der Waals surface area (Å²) < 4.78 is 0. The van der Waals surface area contributed by atoms with Crippen LogP contribution < -0.4 is 10.2 Å². The molecule has 0 aromatic heterocycles. The van der Waals surface area contributed by atoms with Gasteiger partial charge >= 0.3 is 11.9 Å². The first kappa shape index (κ1) is 43.9. The average molecular weight is 540 g/mol. The van der Waals surface area contributed by atoms with Gasteiger partial charge in [0.25, 0.3) is 0 Å². The van der Waals surface area contributed by atoms with Crippen molar-refractivity contribution in [1.29, 1.82) is 0 Å². The van der Waals surface area contributed by atoms with E-state index in [0.29, 0.717) is 12.1 Å². The fraction of sp³-hybridized carbons (Fsp3) is 0. The molecule has 0 heterocycles. The number of benzene rings is 1. The SMILES string of the molecule is O.O=C([O-])c1cc(C(=O)O)c(C(=O)[O-])cc1C(=O)O.[Co].[Co].[Co].[Co].[OH-].[OH-]. The predicted octanol–water partition coefficient (Wildman–Crippen LogP) is -3.38. The fourth-order valence-electron chi connectivity index (χ4n) is 1.29. The molecule has 25 heavy (non-hydrogen) atoms. The van der Waals surface area contributed by atoms with Gasteiger partial charge in [0.05, 0.1) is 23.1 Å². The predicted molar refractivity (Wildman–Crippen MR) is 56.5 cm³/mol. The summed E-state index contributed by atoms with van der Waals surface area (Å²) in [6.45, 7) is 0. The van der Waals surface area contributed by atoms with Crippen molar-refractivity contribution < 1.29 is 123 Å². The van der Waals surface area contributed by atoms with E-state index in [-0.39, 0.29) is 83.5 Å². The number of carbonyl (C=O) groups excluding carboxylic acids is 2. The fourth-order valence-corrected chi connectivity index (χ4v) is 1.29. The Morgan fingerprint density at radius 2 is 0.840 bits per heavy atom. The largest absolute Gasteiger partial charge is 0.870 e. The van der Waals surface area contributed by atoms with E-state index in [4.69, 9.17) is 10.2 Å². The van der Waals surface area contributed by atoms with Crippen molar-refractivity contribution in [1.82, 2.24) is 0 Å². The van der Waals surface area contributed by atoms with E-state index in [1.54, 1.807) is 0 Å². The van der Waals surface area contributed by atoms with Crippen molar-refractivity contribution in [3.63, 3.8) is 0 Å². The van der Waals surface area contributed by atoms with Crippen LogP contribution in [0.5, 0.6) is 0 Å². The number of hydrogen-bond donors (Lipinski definition) is 2. The Labute approximate surface area is 180 Å². The summed E-state index contributed by atoms with van der Waals surface area (Å²) >= 11 is 0. The minimum absolute atomic E-state index is 0. The van der Waals surface area contributed by atoms with Crippen LogP contribution in [0.2, 0.25) is 0 Å². The number of rotatable bonds is 4. The molecule has 0 aliphatic carbocycles. The van der Waals surface area contributed by atoms with Crippen LogP contribution in [-0.2, 0) is 67.1 Å². The second-order valence-corrected chi connectivity index (χ2v) is 3.13. The van der Waals surface area contributed by atoms with Crippen LogP contribution in [0.15, 0.2) is 12.1 Å². The van der Waals surface area contributed by atoms with Gasteiger partial charge < -0.3 is 46.4 Å². The molecule has 0 atom stereocenters. The number of hydrogen-bond acceptors (Lipinski definition) is 8. The summed E-state index contributed by atoms with van der Waals surface area (Å²) in [4.78, 5) is 42.8. The third-order valence-electron chi connectivity index (χ3n) is 2.06. The molecule has 1 rings (SSSR count). The zero-order valence-corrected chi connectivity index (χ0v) is 15.4. The van der Waals surface area contributed by atoms with Gasteiger partial charge in [0.1, 0.15) is 0 Å². The molecule has 6 N–H and O–H groups in total. The molecule has 0 fully saturated rings. The van der Waals surface area contributed by atoms with Crippen molar-refractivity contribution in [2.24, 2.45) is 0 Å². The quantitative estimate of drug-likeness (QED) is 0.384. The maximum atomic E-state index is 10.7. The molecule has 1 aromatic carbocycles. The molecule has 0 saturated carbocycles. The van der Waals surface area contributed by atoms with Crippen molar-refractivity contribution in [3.8, 4) is 0 Å². The van der Waals surface area contributed by atoms with Gasteiger partial charge in [-0.25, -0.2) is 9.59 Å². The summed E-state index contributed by atoms with van der Waals surface area (Å²) in [6, 6.07) is 0.818. The van der Waals surface area contributed by atoms with E-state index >= 15 is 0 Å². The molecule has 0 saturated heterocycles. The minimum Gasteiger partial charge on any atom is -0.870 e. The van der Waals surface area contributed by atoms with Crippen LogP contribution in [0.25, 0.3) is 0 Å². The van der Waals surface area contributed by atoms with Crippen LogP contribution in [0.1, 0.15) is 41.4 Å². The monoisotopic (exact) mass is 540 g/mol. The standard InChI is InChI=1S/C10H6O8.4Co.3H2O/c11-7(12)3-1-4(8(13)14)6(10(17)18)2-5(3)9(15)16;;;;;;;/h1-2H,(H,11,12)(H,13,14)(H,15,16)(H,17,18);;;;;3*1H2/p-4. The molecule has 154 valence electrons. The molecule has 0 bridgehead atoms. The summed E-state index contributed by atoms with van der Waals surface area (Å²) in [5, 5.41) is 38.7. The molecule has 0 spiro atoms. The van der Waals surface area contributed by atoms with Crippen LogP contribution in [-0.4, -0.2) is 50.5 Å². The molecule has 4 radical (unpaired) electrons. The smallest absolute Gasteiger partial charge is 0.336 e. The minimum atomic E-state index is -1.93. The van der Waals surface area contributed by atoms with Gasteiger partial charge in [-0.3, -0.25) is 0 Å². The van der Waals surface area contributed by atoms with Crippen LogP contribution in [0, 0.1) is 0 Å². The van der Waals surface area contributed by atoms with Gasteiger partial charge in [-0.15, -0.1) is 0 Å². The topological polar surface area (TPSA) is 246 Å². The maximum absolute atomic E-state index is 10.7. The van der Waals surface area contributed by atoms with Crippen molar-refractivity contribution in [2.75, 3.05) is 0 Å². The second-order valence-electron chi connectivity index (χ2n) is 3.13. The third kappa shape index (κ3) is 10.6. The Morgan fingerprint density at radius 1 is 0.640 bits per heavy atom. The number of aromatic carboxylic acids is 4. The molecule has 1 aromatic rings. The molecule has 0 aliphatic heterocycles. The van der Waals surface area contributed by atoms with Crippen LogP contribution in [0.4, 0.5) is 0 Å². The first-order valence-corrected chi connectivity index (χ1v) is 4.33. The molecule has 0 unspecified atom stereocenters. The molecule has 0 amide bonds. The first-order valence-electron chi connectivity index (χ1n) is 4.33. The molecule has 11 nitrogen and oxygen atoms in total. The summed E-state index contributed by atoms with van der Waals surface area (Å²) in [6.07, 6.45) is 0. The maximum Gasteiger partial charge on any atom is 0.336 e. The van der Waals surface area contributed by atoms with E-state index < -0.39 is 46.1 Å². The number of carboxylic acid groups (broad SMARTS) is 4. The van der Waals surface area contributed by atoms with E-state index in [0.717, 1.165) is 0 Å². The van der Waals surface area contributed by atoms with Gasteiger partial charge in [0, 0.05) is 78.2 Å². The molecular formula is C10H8Co4O11-4. The van der Waals surface area contributed by atoms with Crippen LogP contribution in [0.3, 0.4) is 0 Å². The Kier molecular flexibility index (Phi) is 31.3. The van der Waals surface area contributed by atoms with Gasteiger partial charge in [-0.1, -0.05) is 0 Å². The third-order valence-corrected chi connectivity index (χ3v) is 2.06. The van der Waals surface area contributed by atoms with Crippen molar-refractivity contribution in [2.45, 2.75) is 0 Å². The zero-order chi connectivity index (χ0) is 14.0. The Morgan fingerprint density at radius 3 is 0.960 bits per heavy atom. The van der Waals surface area contributed by atoms with E-state index in [2.05, 4.69) is 0 Å². The number of carbonyl (C=O) groups is 4. The number of carboxylic acids is 4. The van der Waals surface area contributed by atoms with Crippen molar-refractivity contribution in [3.05, 3.63) is 34.4 Å². The summed E-state index contributed by atoms with van der Waals surface area (Å²) in [5.41, 5.74) is -3.63. The first-order chi connectivity index (χ1) is 8.25. The Bertz CT molecular complexity index is 492. The van der Waals surface area contributed by atoms with Gasteiger partial charge in [-0.05, 0) is 12.1 Å². The second kappa shape index (κ2) is 17.8. The van der Waals surface area contributed by atoms with Crippen LogP contribution >= 0.6 is 0 Å². The Balaban J connectivity index is -0.0000000926. The molecule has 0 aliphatic rings. The van der Waals surface area contributed by atoms with Crippen molar-refractivity contribution >= 4 is 23.9 Å². The van der Waals surface area contributed by atoms with Gasteiger partial charge in [-0.2, -0.15) is 0 Å². The van der Waals surface area contributed by atoms with E-state index in [1.165, 1.54) is 0 Å². The average Bonchev–Trinajstić information content (AvgIpc) is 2.26. The summed E-state index contributed by atoms with van der Waals surface area (Å²) in [7, 11) is 0. The molecular weight excluding hydrogens is 532 g/mol. The summed E-state index contributed by atoms with van der Waals surface area (Å²) in [5.74, 6) is -7.32. The van der Waals surface area contributed by atoms with Gasteiger partial charge in [0.2, 0.25) is 0 Å². The zero-order valence-electron chi connectivity index (χ0n) is 11.2. The van der Waals surface area contributed by atoms with E-state index in [9.17, 15) is 29.4 Å². The Hall–Kier alpha value is -0.994.